The molecule has 1 aliphatic rings. The third-order valence-electron chi connectivity index (χ3n) is 3.08. The Morgan fingerprint density at radius 2 is 1.94 bits per heavy atom. The highest BCUT2D eigenvalue weighted by atomic mass is 19.4. The summed E-state index contributed by atoms with van der Waals surface area (Å²) in [6.07, 6.45) is -2.80. The van der Waals surface area contributed by atoms with E-state index in [2.05, 4.69) is 7.05 Å². The Labute approximate surface area is 96.8 Å². The van der Waals surface area contributed by atoms with Crippen molar-refractivity contribution >= 4 is 0 Å². The predicted molar refractivity (Wildman–Crippen MR) is 54.1 cm³/mol. The van der Waals surface area contributed by atoms with E-state index in [4.69, 9.17) is 0 Å². The van der Waals surface area contributed by atoms with Crippen molar-refractivity contribution in [2.24, 2.45) is 5.92 Å². The van der Waals surface area contributed by atoms with E-state index >= 15 is 0 Å². The number of nitrogens with two attached hydrogens (primary N) is 1. The fraction of sp³-hybridized carbons (Fsp3) is 0.417. The first-order valence-electron chi connectivity index (χ1n) is 5.43. The lowest BCUT2D eigenvalue weighted by Gasteiger charge is -2.19. The van der Waals surface area contributed by atoms with E-state index in [0.717, 1.165) is 18.9 Å². The second-order valence-corrected chi connectivity index (χ2v) is 4.31. The van der Waals surface area contributed by atoms with E-state index in [0.29, 0.717) is 0 Å². The largest absolute Gasteiger partial charge is 0.472 e. The first-order valence-corrected chi connectivity index (χ1v) is 5.43. The summed E-state index contributed by atoms with van der Waals surface area (Å²) in [5.41, 5.74) is -1.08. The number of halogens is 4. The van der Waals surface area contributed by atoms with Crippen molar-refractivity contribution in [3.63, 3.8) is 0 Å². The molecule has 0 amide bonds. The number of benzene rings is 1. The van der Waals surface area contributed by atoms with Crippen LogP contribution in [0.1, 0.15) is 30.0 Å². The topological polar surface area (TPSA) is 16.6 Å². The lowest BCUT2D eigenvalue weighted by molar-refractivity contribution is -0.645. The fourth-order valence-electron chi connectivity index (χ4n) is 2.05. The molecular weight excluding hydrogens is 234 g/mol. The van der Waals surface area contributed by atoms with Crippen LogP contribution >= 0.6 is 0 Å². The second kappa shape index (κ2) is 4.29. The molecule has 17 heavy (non-hydrogen) atoms. The highest BCUT2D eigenvalue weighted by molar-refractivity contribution is 5.30. The molecule has 0 spiro atoms. The van der Waals surface area contributed by atoms with Gasteiger partial charge in [0.05, 0.1) is 11.6 Å². The number of quaternary nitrogens is 1. The van der Waals surface area contributed by atoms with Crippen molar-refractivity contribution in [1.82, 2.24) is 0 Å². The average Bonchev–Trinajstić information content (AvgIpc) is 3.04. The van der Waals surface area contributed by atoms with Gasteiger partial charge in [0.25, 0.3) is 0 Å². The summed E-state index contributed by atoms with van der Waals surface area (Å²) in [6.45, 7) is 0. The molecule has 1 saturated carbocycles. The molecule has 0 aromatic heterocycles. The predicted octanol–water partition coefficient (Wildman–Crippen LogP) is 2.65. The molecule has 2 rings (SSSR count). The average molecular weight is 247 g/mol. The zero-order valence-electron chi connectivity index (χ0n) is 9.10. The summed E-state index contributed by atoms with van der Waals surface area (Å²) in [6, 6.07) is 3.12. The molecular formula is C12H13F4N. The number of alkyl halides is 3. The minimum atomic E-state index is -4.64. The van der Waals surface area contributed by atoms with Crippen LogP contribution in [-0.2, 0) is 6.18 Å². The SMILES string of the molecule is [CH2-][NH2+]C(c1cccc(C(F)(F)F)c1F)C1CC1. The highest BCUT2D eigenvalue weighted by Crippen LogP contribution is 2.41. The number of rotatable bonds is 3. The van der Waals surface area contributed by atoms with Gasteiger partial charge in [-0.25, -0.2) is 4.39 Å². The first-order chi connectivity index (χ1) is 7.95. The van der Waals surface area contributed by atoms with Gasteiger partial charge in [-0.3, -0.25) is 0 Å². The quantitative estimate of drug-likeness (QED) is 0.624. The third-order valence-corrected chi connectivity index (χ3v) is 3.08. The third kappa shape index (κ3) is 2.44. The van der Waals surface area contributed by atoms with Gasteiger partial charge in [0, 0.05) is 11.5 Å². The molecule has 1 nitrogen and oxygen atoms in total. The van der Waals surface area contributed by atoms with Crippen molar-refractivity contribution in [3.8, 4) is 0 Å². The zero-order valence-corrected chi connectivity index (χ0v) is 9.10. The molecule has 1 atom stereocenters. The summed E-state index contributed by atoms with van der Waals surface area (Å²) in [4.78, 5) is 0. The van der Waals surface area contributed by atoms with E-state index in [-0.39, 0.29) is 17.5 Å². The minimum absolute atomic E-state index is 0.109. The standard InChI is InChI=1S/C12H13F4N/c1-17-11(7-5-6-7)8-3-2-4-9(10(8)13)12(14,15)16/h2-4,7,11H,1,5-6,17H2. The van der Waals surface area contributed by atoms with Crippen molar-refractivity contribution in [2.45, 2.75) is 25.1 Å². The Balaban J connectivity index is 2.41. The molecule has 0 aliphatic heterocycles. The van der Waals surface area contributed by atoms with Crippen molar-refractivity contribution in [1.29, 1.82) is 0 Å². The van der Waals surface area contributed by atoms with Gasteiger partial charge in [-0.05, 0) is 18.9 Å². The van der Waals surface area contributed by atoms with E-state index in [9.17, 15) is 17.6 Å². The van der Waals surface area contributed by atoms with Crippen molar-refractivity contribution in [3.05, 3.63) is 42.2 Å². The van der Waals surface area contributed by atoms with Crippen molar-refractivity contribution in [2.75, 3.05) is 0 Å². The molecule has 0 radical (unpaired) electrons. The van der Waals surface area contributed by atoms with E-state index < -0.39 is 17.6 Å². The maximum atomic E-state index is 13.8. The Hall–Kier alpha value is -1.10. The van der Waals surface area contributed by atoms with Gasteiger partial charge in [-0.15, -0.1) is 0 Å². The van der Waals surface area contributed by atoms with Crippen LogP contribution < -0.4 is 5.32 Å². The molecule has 0 heterocycles. The Morgan fingerprint density at radius 1 is 1.29 bits per heavy atom. The van der Waals surface area contributed by atoms with Gasteiger partial charge in [0.2, 0.25) is 0 Å². The Kier molecular flexibility index (Phi) is 3.12. The van der Waals surface area contributed by atoms with E-state index in [1.165, 1.54) is 17.4 Å². The maximum Gasteiger partial charge on any atom is 0.419 e. The summed E-state index contributed by atoms with van der Waals surface area (Å²) >= 11 is 0. The van der Waals surface area contributed by atoms with Gasteiger partial charge in [-0.2, -0.15) is 20.2 Å². The lowest BCUT2D eigenvalue weighted by Crippen LogP contribution is -2.79. The van der Waals surface area contributed by atoms with Crippen LogP contribution in [-0.4, -0.2) is 0 Å². The maximum absolute atomic E-state index is 13.8. The zero-order chi connectivity index (χ0) is 12.6. The molecule has 1 unspecified atom stereocenters. The van der Waals surface area contributed by atoms with Gasteiger partial charge in [-0.1, -0.05) is 12.1 Å². The summed E-state index contributed by atoms with van der Waals surface area (Å²) in [5.74, 6) is -0.915. The van der Waals surface area contributed by atoms with Crippen LogP contribution in [0.4, 0.5) is 17.6 Å². The van der Waals surface area contributed by atoms with Crippen molar-refractivity contribution < 1.29 is 22.9 Å². The summed E-state index contributed by atoms with van der Waals surface area (Å²) in [5, 5.41) is 1.54. The first kappa shape index (κ1) is 12.4. The normalized spacial score (nSPS) is 18.2. The van der Waals surface area contributed by atoms with Crippen LogP contribution in [0.15, 0.2) is 18.2 Å². The highest BCUT2D eigenvalue weighted by Gasteiger charge is 2.39. The summed E-state index contributed by atoms with van der Waals surface area (Å²) in [7, 11) is 3.58. The molecule has 2 N–H and O–H groups in total. The smallest absolute Gasteiger partial charge is 0.419 e. The molecule has 1 aliphatic carbocycles. The molecule has 94 valence electrons. The number of hydrogen-bond donors (Lipinski definition) is 1. The van der Waals surface area contributed by atoms with Gasteiger partial charge < -0.3 is 5.32 Å². The van der Waals surface area contributed by atoms with Gasteiger partial charge in [0.1, 0.15) is 5.82 Å². The van der Waals surface area contributed by atoms with Crippen LogP contribution in [0.3, 0.4) is 0 Å². The second-order valence-electron chi connectivity index (χ2n) is 4.31. The van der Waals surface area contributed by atoms with Crippen LogP contribution in [0, 0.1) is 18.8 Å². The molecule has 1 fully saturated rings. The fourth-order valence-corrected chi connectivity index (χ4v) is 2.05. The lowest BCUT2D eigenvalue weighted by atomic mass is 9.99. The summed E-state index contributed by atoms with van der Waals surface area (Å²) < 4.78 is 51.5. The molecule has 0 bridgehead atoms. The molecule has 1 aromatic carbocycles. The van der Waals surface area contributed by atoms with Crippen LogP contribution in [0.5, 0.6) is 0 Å². The van der Waals surface area contributed by atoms with Crippen LogP contribution in [0.25, 0.3) is 0 Å². The van der Waals surface area contributed by atoms with E-state index in [1.807, 2.05) is 0 Å². The van der Waals surface area contributed by atoms with Gasteiger partial charge in [0.15, 0.2) is 0 Å². The molecule has 5 heteroatoms. The Bertz CT molecular complexity index is 409. The van der Waals surface area contributed by atoms with Crippen LogP contribution in [0.2, 0.25) is 0 Å². The van der Waals surface area contributed by atoms with Gasteiger partial charge >= 0.3 is 6.18 Å². The monoisotopic (exact) mass is 247 g/mol. The molecule has 1 aromatic rings. The number of hydrogen-bond acceptors (Lipinski definition) is 0. The van der Waals surface area contributed by atoms with E-state index in [1.54, 1.807) is 0 Å². The Morgan fingerprint density at radius 3 is 2.41 bits per heavy atom. The molecule has 0 saturated heterocycles. The minimum Gasteiger partial charge on any atom is -0.472 e.